The quantitative estimate of drug-likeness (QED) is 0.377. The topological polar surface area (TPSA) is 116 Å². The zero-order valence-electron chi connectivity index (χ0n) is 18.4. The highest BCUT2D eigenvalue weighted by Crippen LogP contribution is 2.28. The number of rotatable bonds is 7. The van der Waals surface area contributed by atoms with Gasteiger partial charge in [0, 0.05) is 30.3 Å². The highest BCUT2D eigenvalue weighted by atomic mass is 16.5. The lowest BCUT2D eigenvalue weighted by atomic mass is 10.1. The Morgan fingerprint density at radius 2 is 1.56 bits per heavy atom. The molecule has 34 heavy (non-hydrogen) atoms. The molecule has 0 amide bonds. The van der Waals surface area contributed by atoms with E-state index in [1.54, 1.807) is 56.9 Å². The van der Waals surface area contributed by atoms with Gasteiger partial charge in [0.2, 0.25) is 5.95 Å². The molecule has 10 heteroatoms. The molecule has 0 saturated heterocycles. The molecule has 2 aromatic carbocycles. The third-order valence-corrected chi connectivity index (χ3v) is 5.04. The highest BCUT2D eigenvalue weighted by Gasteiger charge is 2.13. The van der Waals surface area contributed by atoms with Gasteiger partial charge in [0.15, 0.2) is 0 Å². The summed E-state index contributed by atoms with van der Waals surface area (Å²) < 4.78 is 17.7. The zero-order chi connectivity index (χ0) is 23.5. The molecule has 0 aliphatic rings. The summed E-state index contributed by atoms with van der Waals surface area (Å²) in [6.07, 6.45) is 4.82. The predicted octanol–water partition coefficient (Wildman–Crippen LogP) is 4.03. The second-order valence-electron chi connectivity index (χ2n) is 7.22. The molecule has 0 spiro atoms. The standard InChI is InChI=1S/C24H20N6O4/c1-32-19-11-15(12-20(13-19)33-2)21-14-26-24-28-23(29-30(24)22(21)31)27-16-3-5-17(6-4-16)34-18-7-9-25-10-8-18/h3-14H,1-2H3,(H2,26,27,28,29). The van der Waals surface area contributed by atoms with Crippen LogP contribution in [0.1, 0.15) is 0 Å². The average molecular weight is 456 g/mol. The number of nitrogens with one attached hydrogen (secondary N) is 2. The first-order valence-electron chi connectivity index (χ1n) is 10.3. The molecule has 0 aliphatic heterocycles. The molecular weight excluding hydrogens is 436 g/mol. The smallest absolute Gasteiger partial charge is 0.281 e. The van der Waals surface area contributed by atoms with E-state index < -0.39 is 0 Å². The minimum Gasteiger partial charge on any atom is -0.497 e. The van der Waals surface area contributed by atoms with Gasteiger partial charge >= 0.3 is 0 Å². The fourth-order valence-electron chi connectivity index (χ4n) is 3.36. The van der Waals surface area contributed by atoms with Gasteiger partial charge in [-0.15, -0.1) is 0 Å². The fraction of sp³-hybridized carbons (Fsp3) is 0.0833. The van der Waals surface area contributed by atoms with Crippen LogP contribution in [0, 0.1) is 0 Å². The molecule has 5 rings (SSSR count). The molecule has 3 aromatic heterocycles. The second kappa shape index (κ2) is 8.94. The summed E-state index contributed by atoms with van der Waals surface area (Å²) in [7, 11) is 3.11. The number of benzene rings is 2. The maximum absolute atomic E-state index is 13.1. The lowest BCUT2D eigenvalue weighted by Crippen LogP contribution is -2.17. The van der Waals surface area contributed by atoms with Gasteiger partial charge in [0.1, 0.15) is 23.0 Å². The molecule has 0 atom stereocenters. The molecular formula is C24H20N6O4. The molecule has 170 valence electrons. The SMILES string of the molecule is COc1cc(OC)cc(-c2cnc3nc(Nc4ccc(Oc5ccncc5)cc4)[nH]n3c2=O)c1. The van der Waals surface area contributed by atoms with Crippen LogP contribution in [-0.4, -0.2) is 38.8 Å². The number of methoxy groups -OCH3 is 2. The minimum atomic E-state index is -0.304. The van der Waals surface area contributed by atoms with E-state index in [4.69, 9.17) is 14.2 Å². The van der Waals surface area contributed by atoms with Crippen molar-refractivity contribution in [1.82, 2.24) is 24.6 Å². The number of aromatic nitrogens is 5. The van der Waals surface area contributed by atoms with Crippen LogP contribution in [0.2, 0.25) is 0 Å². The van der Waals surface area contributed by atoms with Crippen LogP contribution in [0.25, 0.3) is 16.9 Å². The van der Waals surface area contributed by atoms with Crippen molar-refractivity contribution >= 4 is 17.4 Å². The van der Waals surface area contributed by atoms with Crippen molar-refractivity contribution in [1.29, 1.82) is 0 Å². The Morgan fingerprint density at radius 3 is 2.24 bits per heavy atom. The third kappa shape index (κ3) is 4.24. The van der Waals surface area contributed by atoms with Gasteiger partial charge in [0.05, 0.1) is 19.8 Å². The summed E-state index contributed by atoms with van der Waals surface area (Å²) in [6, 6.07) is 16.1. The Labute approximate surface area is 193 Å². The van der Waals surface area contributed by atoms with Crippen molar-refractivity contribution in [2.45, 2.75) is 0 Å². The minimum absolute atomic E-state index is 0.240. The number of anilines is 2. The van der Waals surface area contributed by atoms with Crippen molar-refractivity contribution in [2.75, 3.05) is 19.5 Å². The lowest BCUT2D eigenvalue weighted by Gasteiger charge is -2.08. The number of hydrogen-bond donors (Lipinski definition) is 2. The Kier molecular flexibility index (Phi) is 5.53. The summed E-state index contributed by atoms with van der Waals surface area (Å²) in [6.45, 7) is 0. The van der Waals surface area contributed by atoms with E-state index in [1.807, 2.05) is 24.3 Å². The third-order valence-electron chi connectivity index (χ3n) is 5.04. The largest absolute Gasteiger partial charge is 0.497 e. The van der Waals surface area contributed by atoms with E-state index in [2.05, 4.69) is 25.4 Å². The van der Waals surface area contributed by atoms with Gasteiger partial charge in [-0.25, -0.2) is 4.98 Å². The molecule has 0 aliphatic carbocycles. The maximum atomic E-state index is 13.1. The molecule has 0 bridgehead atoms. The Bertz CT molecular complexity index is 1470. The van der Waals surface area contributed by atoms with Gasteiger partial charge in [-0.05, 0) is 54.1 Å². The molecule has 5 aromatic rings. The number of pyridine rings is 1. The first-order chi connectivity index (χ1) is 16.6. The Balaban J connectivity index is 1.40. The van der Waals surface area contributed by atoms with Gasteiger partial charge in [0.25, 0.3) is 11.3 Å². The maximum Gasteiger partial charge on any atom is 0.281 e. The molecule has 2 N–H and O–H groups in total. The highest BCUT2D eigenvalue weighted by molar-refractivity contribution is 5.67. The number of ether oxygens (including phenoxy) is 3. The van der Waals surface area contributed by atoms with Gasteiger partial charge in [-0.3, -0.25) is 14.9 Å². The molecule has 0 saturated carbocycles. The first-order valence-corrected chi connectivity index (χ1v) is 10.3. The van der Waals surface area contributed by atoms with E-state index >= 15 is 0 Å². The Morgan fingerprint density at radius 1 is 0.882 bits per heavy atom. The molecule has 3 heterocycles. The summed E-state index contributed by atoms with van der Waals surface area (Å²) in [5, 5.41) is 6.09. The first kappa shape index (κ1) is 21.0. The van der Waals surface area contributed by atoms with Crippen molar-refractivity contribution in [3.05, 3.63) is 83.5 Å². The molecule has 0 fully saturated rings. The van der Waals surface area contributed by atoms with Gasteiger partial charge < -0.3 is 19.5 Å². The van der Waals surface area contributed by atoms with Crippen LogP contribution < -0.4 is 25.1 Å². The monoisotopic (exact) mass is 456 g/mol. The molecule has 0 radical (unpaired) electrons. The van der Waals surface area contributed by atoms with Crippen LogP contribution >= 0.6 is 0 Å². The van der Waals surface area contributed by atoms with Crippen LogP contribution in [-0.2, 0) is 0 Å². The van der Waals surface area contributed by atoms with E-state index in [0.717, 1.165) is 5.69 Å². The molecule has 0 unspecified atom stereocenters. The summed E-state index contributed by atoms with van der Waals surface area (Å²) in [4.78, 5) is 25.8. The zero-order valence-corrected chi connectivity index (χ0v) is 18.4. The lowest BCUT2D eigenvalue weighted by molar-refractivity contribution is 0.394. The van der Waals surface area contributed by atoms with E-state index in [0.29, 0.717) is 40.1 Å². The number of aromatic amines is 1. The van der Waals surface area contributed by atoms with Crippen LogP contribution in [0.4, 0.5) is 11.6 Å². The average Bonchev–Trinajstić information content (AvgIpc) is 3.29. The molecule has 10 nitrogen and oxygen atoms in total. The summed E-state index contributed by atoms with van der Waals surface area (Å²) >= 11 is 0. The van der Waals surface area contributed by atoms with E-state index in [1.165, 1.54) is 10.7 Å². The van der Waals surface area contributed by atoms with Crippen molar-refractivity contribution < 1.29 is 14.2 Å². The van der Waals surface area contributed by atoms with Crippen LogP contribution in [0.3, 0.4) is 0 Å². The number of nitrogens with zero attached hydrogens (tertiary/aromatic N) is 4. The normalized spacial score (nSPS) is 10.8. The van der Waals surface area contributed by atoms with E-state index in [9.17, 15) is 4.79 Å². The summed E-state index contributed by atoms with van der Waals surface area (Å²) in [5.74, 6) is 3.13. The number of fused-ring (bicyclic) bond motifs is 1. The second-order valence-corrected chi connectivity index (χ2v) is 7.22. The van der Waals surface area contributed by atoms with Gasteiger partial charge in [-0.1, -0.05) is 0 Å². The van der Waals surface area contributed by atoms with Crippen LogP contribution in [0.5, 0.6) is 23.0 Å². The predicted molar refractivity (Wildman–Crippen MR) is 126 cm³/mol. The van der Waals surface area contributed by atoms with Crippen molar-refractivity contribution in [2.24, 2.45) is 0 Å². The van der Waals surface area contributed by atoms with Crippen LogP contribution in [0.15, 0.2) is 78.0 Å². The Hall–Kier alpha value is -4.86. The summed E-state index contributed by atoms with van der Waals surface area (Å²) in [5.41, 5.74) is 1.45. The number of hydrogen-bond acceptors (Lipinski definition) is 8. The number of H-pyrrole nitrogens is 1. The fourth-order valence-corrected chi connectivity index (χ4v) is 3.36. The van der Waals surface area contributed by atoms with Crippen molar-refractivity contribution in [3.63, 3.8) is 0 Å². The van der Waals surface area contributed by atoms with Crippen molar-refractivity contribution in [3.8, 4) is 34.1 Å². The van der Waals surface area contributed by atoms with Gasteiger partial charge in [-0.2, -0.15) is 9.50 Å². The van der Waals surface area contributed by atoms with E-state index in [-0.39, 0.29) is 11.3 Å².